The van der Waals surface area contributed by atoms with E-state index in [0.29, 0.717) is 23.6 Å². The van der Waals surface area contributed by atoms with Gasteiger partial charge in [-0.25, -0.2) is 22.6 Å². The average molecular weight is 467 g/mol. The van der Waals surface area contributed by atoms with Gasteiger partial charge in [0.05, 0.1) is 19.9 Å². The standard InChI is InChI=1S/C24H26N4O4S/c1-5-32-21-9-7-6-8-19(21)14-26-33(29,30)23-13-18(10-11-22(23)31-4)20-15-25-28-17(3)12-16(2)27-24(20)28/h6-13,15,26H,5,14H2,1-4H3. The van der Waals surface area contributed by atoms with Crippen molar-refractivity contribution in [3.05, 3.63) is 71.7 Å². The summed E-state index contributed by atoms with van der Waals surface area (Å²) in [5, 5.41) is 4.42. The molecule has 4 rings (SSSR count). The van der Waals surface area contributed by atoms with Crippen LogP contribution in [0, 0.1) is 13.8 Å². The molecular weight excluding hydrogens is 440 g/mol. The van der Waals surface area contributed by atoms with E-state index in [9.17, 15) is 8.42 Å². The Morgan fingerprint density at radius 1 is 1.06 bits per heavy atom. The van der Waals surface area contributed by atoms with Crippen molar-refractivity contribution in [1.82, 2.24) is 19.3 Å². The Bertz CT molecular complexity index is 1410. The topological polar surface area (TPSA) is 94.8 Å². The molecule has 0 amide bonds. The average Bonchev–Trinajstić information content (AvgIpc) is 3.22. The molecule has 0 spiro atoms. The van der Waals surface area contributed by atoms with E-state index in [-0.39, 0.29) is 17.2 Å². The smallest absolute Gasteiger partial charge is 0.244 e. The van der Waals surface area contributed by atoms with Crippen LogP contribution in [0.15, 0.2) is 59.6 Å². The van der Waals surface area contributed by atoms with Crippen LogP contribution >= 0.6 is 0 Å². The van der Waals surface area contributed by atoms with Crippen molar-refractivity contribution < 1.29 is 17.9 Å². The summed E-state index contributed by atoms with van der Waals surface area (Å²) in [4.78, 5) is 4.64. The lowest BCUT2D eigenvalue weighted by Crippen LogP contribution is -2.24. The molecule has 0 atom stereocenters. The van der Waals surface area contributed by atoms with Crippen molar-refractivity contribution in [2.45, 2.75) is 32.2 Å². The Labute approximate surface area is 193 Å². The predicted molar refractivity (Wildman–Crippen MR) is 126 cm³/mol. The van der Waals surface area contributed by atoms with Crippen LogP contribution in [-0.4, -0.2) is 36.7 Å². The van der Waals surface area contributed by atoms with E-state index in [1.54, 1.807) is 28.9 Å². The highest BCUT2D eigenvalue weighted by Crippen LogP contribution is 2.32. The van der Waals surface area contributed by atoms with Gasteiger partial charge in [-0.05, 0) is 50.6 Å². The molecule has 0 aliphatic carbocycles. The summed E-state index contributed by atoms with van der Waals surface area (Å²) in [5.41, 5.74) is 4.63. The third-order valence-corrected chi connectivity index (χ3v) is 6.69. The number of nitrogens with one attached hydrogen (secondary N) is 1. The summed E-state index contributed by atoms with van der Waals surface area (Å²) >= 11 is 0. The Hall–Kier alpha value is -3.43. The molecule has 33 heavy (non-hydrogen) atoms. The van der Waals surface area contributed by atoms with Gasteiger partial charge in [-0.3, -0.25) is 0 Å². The summed E-state index contributed by atoms with van der Waals surface area (Å²) in [6, 6.07) is 14.3. The third kappa shape index (κ3) is 4.55. The molecule has 0 saturated heterocycles. The zero-order chi connectivity index (χ0) is 23.6. The maximum Gasteiger partial charge on any atom is 0.244 e. The Kier molecular flexibility index (Phi) is 6.35. The highest BCUT2D eigenvalue weighted by Gasteiger charge is 2.22. The number of hydrogen-bond acceptors (Lipinski definition) is 6. The summed E-state index contributed by atoms with van der Waals surface area (Å²) in [5.74, 6) is 0.896. The molecule has 2 aromatic heterocycles. The monoisotopic (exact) mass is 466 g/mol. The van der Waals surface area contributed by atoms with Gasteiger partial charge in [0, 0.05) is 29.1 Å². The highest BCUT2D eigenvalue weighted by molar-refractivity contribution is 7.89. The zero-order valence-electron chi connectivity index (χ0n) is 19.0. The Morgan fingerprint density at radius 3 is 2.61 bits per heavy atom. The third-order valence-electron chi connectivity index (χ3n) is 5.27. The number of methoxy groups -OCH3 is 1. The van der Waals surface area contributed by atoms with Gasteiger partial charge in [-0.15, -0.1) is 0 Å². The van der Waals surface area contributed by atoms with E-state index in [4.69, 9.17) is 9.47 Å². The van der Waals surface area contributed by atoms with E-state index in [0.717, 1.165) is 22.5 Å². The van der Waals surface area contributed by atoms with E-state index in [1.165, 1.54) is 7.11 Å². The van der Waals surface area contributed by atoms with Gasteiger partial charge in [-0.1, -0.05) is 24.3 Å². The molecule has 0 saturated carbocycles. The van der Waals surface area contributed by atoms with Crippen molar-refractivity contribution in [3.8, 4) is 22.6 Å². The van der Waals surface area contributed by atoms with Crippen LogP contribution in [0.4, 0.5) is 0 Å². The van der Waals surface area contributed by atoms with E-state index < -0.39 is 10.0 Å². The molecule has 1 N–H and O–H groups in total. The number of aromatic nitrogens is 3. The number of rotatable bonds is 8. The first-order valence-electron chi connectivity index (χ1n) is 10.5. The van der Waals surface area contributed by atoms with E-state index >= 15 is 0 Å². The van der Waals surface area contributed by atoms with Crippen LogP contribution in [-0.2, 0) is 16.6 Å². The molecule has 4 aromatic rings. The maximum absolute atomic E-state index is 13.3. The van der Waals surface area contributed by atoms with Gasteiger partial charge in [0.2, 0.25) is 10.0 Å². The predicted octanol–water partition coefficient (Wildman–Crippen LogP) is 3.90. The van der Waals surface area contributed by atoms with Crippen molar-refractivity contribution in [2.24, 2.45) is 0 Å². The fourth-order valence-electron chi connectivity index (χ4n) is 3.73. The SMILES string of the molecule is CCOc1ccccc1CNS(=O)(=O)c1cc(-c2cnn3c(C)cc(C)nc23)ccc1OC. The molecule has 0 unspecified atom stereocenters. The minimum Gasteiger partial charge on any atom is -0.495 e. The first-order valence-corrected chi connectivity index (χ1v) is 12.0. The molecule has 8 nitrogen and oxygen atoms in total. The molecule has 172 valence electrons. The molecule has 2 aromatic carbocycles. The van der Waals surface area contributed by atoms with Crippen LogP contribution in [0.5, 0.6) is 11.5 Å². The van der Waals surface area contributed by atoms with Crippen LogP contribution in [0.1, 0.15) is 23.9 Å². The lowest BCUT2D eigenvalue weighted by Gasteiger charge is -2.14. The first-order chi connectivity index (χ1) is 15.8. The van der Waals surface area contributed by atoms with E-state index in [1.807, 2.05) is 51.1 Å². The van der Waals surface area contributed by atoms with Gasteiger partial charge in [0.1, 0.15) is 16.4 Å². The number of hydrogen-bond donors (Lipinski definition) is 1. The van der Waals surface area contributed by atoms with Crippen LogP contribution in [0.3, 0.4) is 0 Å². The molecule has 0 aliphatic heterocycles. The minimum absolute atomic E-state index is 0.0418. The molecule has 9 heteroatoms. The molecule has 2 heterocycles. The van der Waals surface area contributed by atoms with Gasteiger partial charge in [0.15, 0.2) is 5.65 Å². The fourth-order valence-corrected chi connectivity index (χ4v) is 4.92. The van der Waals surface area contributed by atoms with Crippen LogP contribution < -0.4 is 14.2 Å². The minimum atomic E-state index is -3.89. The van der Waals surface area contributed by atoms with Crippen LogP contribution in [0.2, 0.25) is 0 Å². The Morgan fingerprint density at radius 2 is 1.85 bits per heavy atom. The first kappa shape index (κ1) is 22.8. The summed E-state index contributed by atoms with van der Waals surface area (Å²) in [7, 11) is -2.45. The number of aryl methyl sites for hydroxylation is 2. The summed E-state index contributed by atoms with van der Waals surface area (Å²) < 4.78 is 41.9. The van der Waals surface area contributed by atoms with Gasteiger partial charge in [-0.2, -0.15) is 5.10 Å². The lowest BCUT2D eigenvalue weighted by molar-refractivity contribution is 0.336. The number of para-hydroxylation sites is 1. The number of fused-ring (bicyclic) bond motifs is 1. The summed E-state index contributed by atoms with van der Waals surface area (Å²) in [6.07, 6.45) is 1.69. The second-order valence-electron chi connectivity index (χ2n) is 7.56. The summed E-state index contributed by atoms with van der Waals surface area (Å²) in [6.45, 7) is 6.33. The van der Waals surface area contributed by atoms with Gasteiger partial charge >= 0.3 is 0 Å². The van der Waals surface area contributed by atoms with Crippen molar-refractivity contribution >= 4 is 15.7 Å². The quantitative estimate of drug-likeness (QED) is 0.423. The second kappa shape index (κ2) is 9.21. The van der Waals surface area contributed by atoms with Crippen molar-refractivity contribution in [1.29, 1.82) is 0 Å². The second-order valence-corrected chi connectivity index (χ2v) is 9.30. The van der Waals surface area contributed by atoms with Gasteiger partial charge in [0.25, 0.3) is 0 Å². The van der Waals surface area contributed by atoms with E-state index in [2.05, 4.69) is 14.8 Å². The number of ether oxygens (including phenoxy) is 2. The van der Waals surface area contributed by atoms with Gasteiger partial charge < -0.3 is 9.47 Å². The van der Waals surface area contributed by atoms with Crippen LogP contribution in [0.25, 0.3) is 16.8 Å². The largest absolute Gasteiger partial charge is 0.495 e. The molecule has 0 radical (unpaired) electrons. The molecule has 0 bridgehead atoms. The molecule has 0 fully saturated rings. The zero-order valence-corrected chi connectivity index (χ0v) is 19.8. The van der Waals surface area contributed by atoms with Crippen molar-refractivity contribution in [2.75, 3.05) is 13.7 Å². The number of benzene rings is 2. The Balaban J connectivity index is 1.72. The number of nitrogens with zero attached hydrogens (tertiary/aromatic N) is 3. The van der Waals surface area contributed by atoms with Crippen molar-refractivity contribution in [3.63, 3.8) is 0 Å². The lowest BCUT2D eigenvalue weighted by atomic mass is 10.1. The maximum atomic E-state index is 13.3. The fraction of sp³-hybridized carbons (Fsp3) is 0.250. The molecule has 0 aliphatic rings. The molecular formula is C24H26N4O4S. The normalized spacial score (nSPS) is 11.6. The number of sulfonamides is 1. The highest BCUT2D eigenvalue weighted by atomic mass is 32.2.